The zero-order valence-electron chi connectivity index (χ0n) is 19.5. The van der Waals surface area contributed by atoms with Crippen molar-refractivity contribution in [2.45, 2.75) is 20.8 Å². The molecule has 0 radical (unpaired) electrons. The van der Waals surface area contributed by atoms with Gasteiger partial charge in [-0.15, -0.1) is 0 Å². The number of halogens is 1. The van der Waals surface area contributed by atoms with Crippen molar-refractivity contribution in [3.8, 4) is 11.1 Å². The number of anilines is 3. The van der Waals surface area contributed by atoms with Crippen LogP contribution < -0.4 is 15.6 Å². The van der Waals surface area contributed by atoms with Gasteiger partial charge >= 0.3 is 0 Å². The quantitative estimate of drug-likeness (QED) is 0.343. The van der Waals surface area contributed by atoms with Gasteiger partial charge in [0.2, 0.25) is 0 Å². The molecule has 1 heterocycles. The van der Waals surface area contributed by atoms with Crippen LogP contribution in [0.15, 0.2) is 77.1 Å². The second-order valence-electron chi connectivity index (χ2n) is 8.17. The first-order valence-electron chi connectivity index (χ1n) is 10.8. The third-order valence-corrected chi connectivity index (χ3v) is 6.59. The summed E-state index contributed by atoms with van der Waals surface area (Å²) < 4.78 is 30.7. The lowest BCUT2D eigenvalue weighted by Gasteiger charge is -2.19. The first-order chi connectivity index (χ1) is 16.3. The molecule has 0 spiro atoms. The average Bonchev–Trinajstić information content (AvgIpc) is 2.79. The maximum Gasteiger partial charge on any atom is 0.258 e. The number of rotatable bonds is 6. The molecule has 0 bridgehead atoms. The Balaban J connectivity index is 1.94. The van der Waals surface area contributed by atoms with Gasteiger partial charge in [-0.2, -0.15) is 0 Å². The number of hydrogen-bond acceptors (Lipinski definition) is 3. The van der Waals surface area contributed by atoms with Crippen molar-refractivity contribution >= 4 is 38.8 Å². The Labute approximate surface area is 200 Å². The van der Waals surface area contributed by atoms with Crippen LogP contribution in [0.4, 0.5) is 21.5 Å². The van der Waals surface area contributed by atoms with E-state index >= 15 is 0 Å². The SMILES string of the molecule is C/C=C/S(=O)Nc1ccc(Nc2c(C)cc(F)cc2C)c(-c2cn(C)c(=O)c3ccccc23)c1. The van der Waals surface area contributed by atoms with Crippen molar-refractivity contribution in [3.05, 3.63) is 99.6 Å². The molecule has 1 unspecified atom stereocenters. The Morgan fingerprint density at radius 3 is 2.32 bits per heavy atom. The summed E-state index contributed by atoms with van der Waals surface area (Å²) in [4.78, 5) is 12.7. The molecule has 5 nitrogen and oxygen atoms in total. The second-order valence-corrected chi connectivity index (χ2v) is 9.24. The lowest BCUT2D eigenvalue weighted by molar-refractivity contribution is 0.625. The lowest BCUT2D eigenvalue weighted by Crippen LogP contribution is -2.16. The van der Waals surface area contributed by atoms with Gasteiger partial charge in [-0.05, 0) is 73.7 Å². The molecule has 0 aliphatic rings. The van der Waals surface area contributed by atoms with Crippen LogP contribution >= 0.6 is 0 Å². The van der Waals surface area contributed by atoms with Gasteiger partial charge in [0.05, 0.1) is 0 Å². The smallest absolute Gasteiger partial charge is 0.258 e. The summed E-state index contributed by atoms with van der Waals surface area (Å²) in [5, 5.41) is 6.46. The number of allylic oxidation sites excluding steroid dienone is 1. The molecule has 1 atom stereocenters. The Kier molecular flexibility index (Phi) is 6.65. The Bertz CT molecular complexity index is 1490. The zero-order valence-corrected chi connectivity index (χ0v) is 20.3. The first-order valence-corrected chi connectivity index (χ1v) is 12.1. The van der Waals surface area contributed by atoms with Gasteiger partial charge in [-0.3, -0.25) is 4.79 Å². The normalized spacial score (nSPS) is 12.3. The monoisotopic (exact) mass is 475 g/mol. The number of nitrogens with zero attached hydrogens (tertiary/aromatic N) is 1. The zero-order chi connectivity index (χ0) is 24.4. The summed E-state index contributed by atoms with van der Waals surface area (Å²) in [6.45, 7) is 5.52. The van der Waals surface area contributed by atoms with Crippen molar-refractivity contribution in [1.82, 2.24) is 4.57 Å². The van der Waals surface area contributed by atoms with Crippen LogP contribution in [0.3, 0.4) is 0 Å². The minimum absolute atomic E-state index is 0.0810. The Morgan fingerprint density at radius 2 is 1.65 bits per heavy atom. The van der Waals surface area contributed by atoms with Crippen LogP contribution in [0.25, 0.3) is 21.9 Å². The maximum atomic E-state index is 13.9. The van der Waals surface area contributed by atoms with Gasteiger partial charge in [0.25, 0.3) is 5.56 Å². The summed E-state index contributed by atoms with van der Waals surface area (Å²) >= 11 is 0. The van der Waals surface area contributed by atoms with Crippen LogP contribution in [0.2, 0.25) is 0 Å². The van der Waals surface area contributed by atoms with Crippen molar-refractivity contribution in [3.63, 3.8) is 0 Å². The highest BCUT2D eigenvalue weighted by Gasteiger charge is 2.15. The van der Waals surface area contributed by atoms with Gasteiger partial charge < -0.3 is 14.6 Å². The predicted octanol–water partition coefficient (Wildman–Crippen LogP) is 6.31. The van der Waals surface area contributed by atoms with E-state index in [9.17, 15) is 13.4 Å². The highest BCUT2D eigenvalue weighted by molar-refractivity contribution is 7.89. The predicted molar refractivity (Wildman–Crippen MR) is 140 cm³/mol. The van der Waals surface area contributed by atoms with Gasteiger partial charge in [0.15, 0.2) is 0 Å². The van der Waals surface area contributed by atoms with E-state index in [2.05, 4.69) is 10.0 Å². The standard InChI is InChI=1S/C27H26FN3O2S/c1-5-12-34(33)30-20-10-11-25(29-26-17(2)13-19(28)14-18(26)3)23(15-20)24-16-31(4)27(32)22-9-7-6-8-21(22)24/h5-16,29-30H,1-4H3/b12-5+. The first kappa shape index (κ1) is 23.4. The number of aryl methyl sites for hydroxylation is 3. The fourth-order valence-corrected chi connectivity index (χ4v) is 4.76. The number of hydrogen-bond donors (Lipinski definition) is 2. The van der Waals surface area contributed by atoms with Gasteiger partial charge in [0, 0.05) is 52.2 Å². The van der Waals surface area contributed by atoms with Gasteiger partial charge in [-0.25, -0.2) is 8.60 Å². The summed E-state index contributed by atoms with van der Waals surface area (Å²) in [5.74, 6) is -0.282. The van der Waals surface area contributed by atoms with Crippen molar-refractivity contribution in [2.75, 3.05) is 10.0 Å². The molecule has 3 aromatic carbocycles. The number of fused-ring (bicyclic) bond motifs is 1. The minimum Gasteiger partial charge on any atom is -0.355 e. The molecule has 0 saturated carbocycles. The van der Waals surface area contributed by atoms with Crippen LogP contribution in [0.5, 0.6) is 0 Å². The van der Waals surface area contributed by atoms with Gasteiger partial charge in [0.1, 0.15) is 16.8 Å². The van der Waals surface area contributed by atoms with Crippen LogP contribution in [-0.4, -0.2) is 8.78 Å². The topological polar surface area (TPSA) is 63.1 Å². The lowest BCUT2D eigenvalue weighted by atomic mass is 9.98. The highest BCUT2D eigenvalue weighted by Crippen LogP contribution is 2.37. The molecule has 0 saturated heterocycles. The van der Waals surface area contributed by atoms with Crippen molar-refractivity contribution in [1.29, 1.82) is 0 Å². The van der Waals surface area contributed by atoms with E-state index < -0.39 is 11.0 Å². The molecule has 4 rings (SSSR count). The summed E-state index contributed by atoms with van der Waals surface area (Å²) in [7, 11) is 0.352. The van der Waals surface area contributed by atoms with Crippen molar-refractivity contribution in [2.24, 2.45) is 7.05 Å². The van der Waals surface area contributed by atoms with E-state index in [0.717, 1.165) is 39.0 Å². The molecule has 7 heteroatoms. The molecule has 0 fully saturated rings. The third kappa shape index (κ3) is 4.65. The van der Waals surface area contributed by atoms with E-state index in [0.29, 0.717) is 11.1 Å². The van der Waals surface area contributed by atoms with E-state index in [1.165, 1.54) is 12.1 Å². The summed E-state index contributed by atoms with van der Waals surface area (Å²) in [6.07, 6.45) is 3.53. The van der Waals surface area contributed by atoms with E-state index in [-0.39, 0.29) is 11.4 Å². The molecule has 0 aliphatic carbocycles. The number of aromatic nitrogens is 1. The van der Waals surface area contributed by atoms with Crippen LogP contribution in [-0.2, 0) is 18.0 Å². The molecule has 0 amide bonds. The summed E-state index contributed by atoms with van der Waals surface area (Å²) in [6, 6.07) is 16.1. The molecular formula is C27H26FN3O2S. The van der Waals surface area contributed by atoms with Crippen LogP contribution in [0, 0.1) is 19.7 Å². The fraction of sp³-hybridized carbons (Fsp3) is 0.148. The van der Waals surface area contributed by atoms with E-state index in [4.69, 9.17) is 0 Å². The van der Waals surface area contributed by atoms with Gasteiger partial charge in [-0.1, -0.05) is 24.3 Å². The van der Waals surface area contributed by atoms with Crippen LogP contribution in [0.1, 0.15) is 18.1 Å². The molecular weight excluding hydrogens is 449 g/mol. The summed E-state index contributed by atoms with van der Waals surface area (Å²) in [5.41, 5.74) is 5.41. The molecule has 174 valence electrons. The minimum atomic E-state index is -1.37. The fourth-order valence-electron chi connectivity index (χ4n) is 4.09. The number of benzene rings is 3. The average molecular weight is 476 g/mol. The number of nitrogens with one attached hydrogen (secondary N) is 2. The Morgan fingerprint density at radius 1 is 0.971 bits per heavy atom. The number of pyridine rings is 1. The van der Waals surface area contributed by atoms with E-state index in [1.54, 1.807) is 23.1 Å². The second kappa shape index (κ2) is 9.65. The molecule has 0 aliphatic heterocycles. The van der Waals surface area contributed by atoms with E-state index in [1.807, 2.05) is 69.4 Å². The third-order valence-electron chi connectivity index (χ3n) is 5.64. The molecule has 34 heavy (non-hydrogen) atoms. The molecule has 4 aromatic rings. The highest BCUT2D eigenvalue weighted by atomic mass is 32.2. The molecule has 2 N–H and O–H groups in total. The Hall–Kier alpha value is -3.71. The molecule has 1 aromatic heterocycles. The van der Waals surface area contributed by atoms with Crippen molar-refractivity contribution < 1.29 is 8.60 Å². The maximum absolute atomic E-state index is 13.9. The largest absolute Gasteiger partial charge is 0.355 e.